The van der Waals surface area contributed by atoms with Gasteiger partial charge in [-0.25, -0.2) is 29.9 Å². The van der Waals surface area contributed by atoms with E-state index in [4.69, 9.17) is 29.9 Å². The Kier molecular flexibility index (Phi) is 7.82. The molecule has 12 nitrogen and oxygen atoms in total. The summed E-state index contributed by atoms with van der Waals surface area (Å²) in [4.78, 5) is 29.8. The number of hydrogen-bond donors (Lipinski definition) is 0. The summed E-state index contributed by atoms with van der Waals surface area (Å²) in [6.07, 6.45) is 11.7. The lowest BCUT2D eigenvalue weighted by atomic mass is 9.84. The van der Waals surface area contributed by atoms with Crippen molar-refractivity contribution in [2.75, 3.05) is 0 Å². The Morgan fingerprint density at radius 2 is 1.00 bits per heavy atom. The fourth-order valence-electron chi connectivity index (χ4n) is 7.57. The van der Waals surface area contributed by atoms with Crippen LogP contribution in [0.15, 0.2) is 140 Å². The van der Waals surface area contributed by atoms with Gasteiger partial charge in [-0.3, -0.25) is 13.7 Å². The first-order valence-electron chi connectivity index (χ1n) is 18.4. The summed E-state index contributed by atoms with van der Waals surface area (Å²) in [6.45, 7) is 1.92. The van der Waals surface area contributed by atoms with Crippen LogP contribution < -0.4 is 0 Å². The Hall–Kier alpha value is -8.53. The van der Waals surface area contributed by atoms with Gasteiger partial charge in [0.1, 0.15) is 34.0 Å². The molecule has 58 heavy (non-hydrogen) atoms. The summed E-state index contributed by atoms with van der Waals surface area (Å²) in [6, 6.07) is 39.1. The molecule has 3 aromatic carbocycles. The van der Waals surface area contributed by atoms with Crippen LogP contribution in [-0.4, -0.2) is 43.6 Å². The van der Waals surface area contributed by atoms with Gasteiger partial charge in [0.25, 0.3) is 0 Å². The van der Waals surface area contributed by atoms with Crippen LogP contribution in [0.25, 0.3) is 84.7 Å². The Morgan fingerprint density at radius 3 is 1.45 bits per heavy atom. The molecule has 1 unspecified atom stereocenters. The van der Waals surface area contributed by atoms with Crippen molar-refractivity contribution < 1.29 is 0 Å². The predicted molar refractivity (Wildman–Crippen MR) is 220 cm³/mol. The van der Waals surface area contributed by atoms with E-state index in [1.54, 1.807) is 30.7 Å². The second kappa shape index (κ2) is 13.3. The van der Waals surface area contributed by atoms with Gasteiger partial charge in [-0.05, 0) is 116 Å². The standard InChI is InChI=1S/C46H28N12/c1-46(28-49)16-4-12-36(25-46)58-42(55-39-15-7-19-52-45(39)58)33-23-31(40-53-37-13-5-17-50-43(37)56(40)34-10-2-8-29(20-34)26-47)22-32(24-33)41-54-38-14-6-18-51-44(38)57(41)35-11-3-9-30(21-35)27-48/h2-15,17-25H,16H2,1H3. The highest BCUT2D eigenvalue weighted by Gasteiger charge is 2.27. The van der Waals surface area contributed by atoms with Gasteiger partial charge in [0.2, 0.25) is 0 Å². The van der Waals surface area contributed by atoms with Crippen molar-refractivity contribution in [3.05, 3.63) is 151 Å². The number of allylic oxidation sites excluding steroid dienone is 4. The van der Waals surface area contributed by atoms with E-state index < -0.39 is 5.41 Å². The maximum atomic E-state index is 10.2. The Morgan fingerprint density at radius 1 is 0.552 bits per heavy atom. The molecule has 9 aromatic rings. The van der Waals surface area contributed by atoms with Gasteiger partial charge in [0.05, 0.1) is 46.1 Å². The van der Waals surface area contributed by atoms with Crippen LogP contribution in [0.4, 0.5) is 0 Å². The first kappa shape index (κ1) is 34.0. The average Bonchev–Trinajstić information content (AvgIpc) is 3.99. The molecule has 1 aliphatic carbocycles. The van der Waals surface area contributed by atoms with Gasteiger partial charge >= 0.3 is 0 Å². The van der Waals surface area contributed by atoms with Crippen LogP contribution in [0.5, 0.6) is 0 Å². The fraction of sp³-hybridized carbons (Fsp3) is 0.0652. The number of fused-ring (bicyclic) bond motifs is 3. The molecule has 0 radical (unpaired) electrons. The van der Waals surface area contributed by atoms with E-state index in [0.717, 1.165) is 22.6 Å². The second-order valence-electron chi connectivity index (χ2n) is 14.2. The molecule has 1 aliphatic rings. The van der Waals surface area contributed by atoms with E-state index in [2.05, 4.69) is 18.2 Å². The number of nitrogens with zero attached hydrogens (tertiary/aromatic N) is 12. The molecular weight excluding hydrogens is 721 g/mol. The molecule has 12 heteroatoms. The minimum absolute atomic E-state index is 0.496. The summed E-state index contributed by atoms with van der Waals surface area (Å²) in [7, 11) is 0. The minimum atomic E-state index is -0.731. The maximum Gasteiger partial charge on any atom is 0.164 e. The molecule has 0 saturated heterocycles. The number of pyridine rings is 3. The van der Waals surface area contributed by atoms with E-state index in [9.17, 15) is 15.8 Å². The summed E-state index contributed by atoms with van der Waals surface area (Å²) in [5.74, 6) is 1.75. The lowest BCUT2D eigenvalue weighted by molar-refractivity contribution is 0.573. The first-order valence-corrected chi connectivity index (χ1v) is 18.4. The van der Waals surface area contributed by atoms with Gasteiger partial charge in [-0.15, -0.1) is 0 Å². The maximum absolute atomic E-state index is 10.2. The molecule has 10 rings (SSSR count). The molecule has 0 bridgehead atoms. The van der Waals surface area contributed by atoms with Gasteiger partial charge in [-0.2, -0.15) is 15.8 Å². The van der Waals surface area contributed by atoms with Crippen molar-refractivity contribution in [3.63, 3.8) is 0 Å². The van der Waals surface area contributed by atoms with E-state index in [-0.39, 0.29) is 0 Å². The van der Waals surface area contributed by atoms with Crippen LogP contribution in [0.1, 0.15) is 24.5 Å². The van der Waals surface area contributed by atoms with Gasteiger partial charge in [0, 0.05) is 41.0 Å². The molecule has 0 N–H and O–H groups in total. The van der Waals surface area contributed by atoms with Crippen molar-refractivity contribution in [3.8, 4) is 63.7 Å². The normalized spacial score (nSPS) is 15.0. The third kappa shape index (κ3) is 5.59. The Labute approximate surface area is 331 Å². The molecule has 6 heterocycles. The third-order valence-corrected chi connectivity index (χ3v) is 10.2. The van der Waals surface area contributed by atoms with Gasteiger partial charge in [-0.1, -0.05) is 18.2 Å². The Bertz CT molecular complexity index is 3190. The van der Waals surface area contributed by atoms with Crippen LogP contribution in [0.3, 0.4) is 0 Å². The lowest BCUT2D eigenvalue weighted by Crippen LogP contribution is -2.14. The fourth-order valence-corrected chi connectivity index (χ4v) is 7.57. The van der Waals surface area contributed by atoms with Crippen molar-refractivity contribution in [1.82, 2.24) is 43.6 Å². The van der Waals surface area contributed by atoms with Crippen LogP contribution in [-0.2, 0) is 0 Å². The molecule has 272 valence electrons. The predicted octanol–water partition coefficient (Wildman–Crippen LogP) is 8.97. The minimum Gasteiger partial charge on any atom is -0.277 e. The molecular formula is C46H28N12. The number of hydrogen-bond acceptors (Lipinski definition) is 9. The van der Waals surface area contributed by atoms with E-state index in [0.29, 0.717) is 79.6 Å². The van der Waals surface area contributed by atoms with Gasteiger partial charge < -0.3 is 0 Å². The topological polar surface area (TPSA) is 164 Å². The zero-order valence-corrected chi connectivity index (χ0v) is 30.9. The van der Waals surface area contributed by atoms with Crippen molar-refractivity contribution in [2.45, 2.75) is 13.3 Å². The third-order valence-electron chi connectivity index (χ3n) is 10.2. The smallest absolute Gasteiger partial charge is 0.164 e. The molecule has 0 amide bonds. The van der Waals surface area contributed by atoms with Crippen LogP contribution >= 0.6 is 0 Å². The van der Waals surface area contributed by atoms with E-state index >= 15 is 0 Å². The SMILES string of the molecule is CC1(C#N)C=C(n2c(-c3cc(-c4nc5cccnc5n4-c4cccc(C#N)c4)cc(-c4nc5cccnc5n4-c4cccc(C#N)c4)c3)nc3cccnc32)C=CC1. The highest BCUT2D eigenvalue weighted by atomic mass is 15.2. The number of imidazole rings is 3. The van der Waals surface area contributed by atoms with Gasteiger partial charge in [0.15, 0.2) is 16.9 Å². The molecule has 0 spiro atoms. The van der Waals surface area contributed by atoms with Crippen LogP contribution in [0.2, 0.25) is 0 Å². The average molecular weight is 749 g/mol. The van der Waals surface area contributed by atoms with Crippen LogP contribution in [0, 0.1) is 39.4 Å². The quantitative estimate of drug-likeness (QED) is 0.161. The zero-order valence-electron chi connectivity index (χ0n) is 30.9. The summed E-state index contributed by atoms with van der Waals surface area (Å²) in [5, 5.41) is 29.9. The highest BCUT2D eigenvalue weighted by Crippen LogP contribution is 2.40. The molecule has 0 aliphatic heterocycles. The lowest BCUT2D eigenvalue weighted by Gasteiger charge is -2.22. The van der Waals surface area contributed by atoms with Crippen molar-refractivity contribution >= 4 is 39.2 Å². The van der Waals surface area contributed by atoms with E-state index in [1.165, 1.54) is 0 Å². The molecule has 1 atom stereocenters. The first-order chi connectivity index (χ1) is 28.4. The second-order valence-corrected chi connectivity index (χ2v) is 14.2. The molecule has 6 aromatic heterocycles. The largest absolute Gasteiger partial charge is 0.277 e. The van der Waals surface area contributed by atoms with E-state index in [1.807, 2.05) is 130 Å². The summed E-state index contributed by atoms with van der Waals surface area (Å²) >= 11 is 0. The number of aromatic nitrogens is 9. The molecule has 0 saturated carbocycles. The van der Waals surface area contributed by atoms with Crippen molar-refractivity contribution in [2.24, 2.45) is 5.41 Å². The number of nitriles is 3. The zero-order chi connectivity index (χ0) is 39.4. The Balaban J connectivity index is 1.31. The number of benzene rings is 3. The summed E-state index contributed by atoms with van der Waals surface area (Å²) < 4.78 is 5.90. The monoisotopic (exact) mass is 748 g/mol. The highest BCUT2D eigenvalue weighted by molar-refractivity contribution is 5.89. The molecule has 0 fully saturated rings. The summed E-state index contributed by atoms with van der Waals surface area (Å²) in [5.41, 5.74) is 8.51. The number of rotatable bonds is 6. The van der Waals surface area contributed by atoms with Crippen molar-refractivity contribution in [1.29, 1.82) is 15.8 Å².